The Hall–Kier alpha value is -1.96. The zero-order valence-electron chi connectivity index (χ0n) is 15.6. The summed E-state index contributed by atoms with van der Waals surface area (Å²) in [5.74, 6) is 0.945. The molecule has 0 spiro atoms. The van der Waals surface area contributed by atoms with Gasteiger partial charge in [-0.3, -0.25) is 0 Å². The SMILES string of the molecule is CCCc1cc(O)cc(C)c1C(C)c1c(C)cc(O)cc1CCC. The summed E-state index contributed by atoms with van der Waals surface area (Å²) in [4.78, 5) is 0. The van der Waals surface area contributed by atoms with E-state index in [0.29, 0.717) is 11.5 Å². The van der Waals surface area contributed by atoms with E-state index in [1.807, 2.05) is 24.3 Å². The van der Waals surface area contributed by atoms with Crippen LogP contribution in [0.4, 0.5) is 0 Å². The van der Waals surface area contributed by atoms with Crippen LogP contribution in [-0.4, -0.2) is 10.2 Å². The third kappa shape index (κ3) is 3.75. The van der Waals surface area contributed by atoms with Gasteiger partial charge in [-0.15, -0.1) is 0 Å². The number of phenols is 2. The number of hydrogen-bond acceptors (Lipinski definition) is 2. The molecule has 0 amide bonds. The van der Waals surface area contributed by atoms with Crippen molar-refractivity contribution in [3.05, 3.63) is 57.6 Å². The highest BCUT2D eigenvalue weighted by Crippen LogP contribution is 2.37. The van der Waals surface area contributed by atoms with Gasteiger partial charge < -0.3 is 10.2 Å². The van der Waals surface area contributed by atoms with Gasteiger partial charge >= 0.3 is 0 Å². The molecule has 0 atom stereocenters. The van der Waals surface area contributed by atoms with Gasteiger partial charge in [0.05, 0.1) is 0 Å². The summed E-state index contributed by atoms with van der Waals surface area (Å²) in [6.45, 7) is 10.8. The molecule has 130 valence electrons. The molecule has 0 aromatic heterocycles. The van der Waals surface area contributed by atoms with E-state index < -0.39 is 0 Å². The van der Waals surface area contributed by atoms with Gasteiger partial charge in [0.15, 0.2) is 0 Å². The molecule has 2 aromatic carbocycles. The van der Waals surface area contributed by atoms with Crippen molar-refractivity contribution in [1.29, 1.82) is 0 Å². The van der Waals surface area contributed by atoms with Gasteiger partial charge in [-0.1, -0.05) is 33.6 Å². The number of benzene rings is 2. The predicted molar refractivity (Wildman–Crippen MR) is 101 cm³/mol. The summed E-state index contributed by atoms with van der Waals surface area (Å²) < 4.78 is 0. The topological polar surface area (TPSA) is 40.5 Å². The monoisotopic (exact) mass is 326 g/mol. The molecule has 0 aliphatic rings. The van der Waals surface area contributed by atoms with Gasteiger partial charge in [-0.2, -0.15) is 0 Å². The molecule has 2 N–H and O–H groups in total. The molecular weight excluding hydrogens is 296 g/mol. The highest BCUT2D eigenvalue weighted by Gasteiger charge is 2.21. The minimum absolute atomic E-state index is 0.245. The highest BCUT2D eigenvalue weighted by molar-refractivity contribution is 5.52. The number of hydrogen-bond donors (Lipinski definition) is 2. The Kier molecular flexibility index (Phi) is 5.93. The van der Waals surface area contributed by atoms with Crippen LogP contribution in [-0.2, 0) is 12.8 Å². The van der Waals surface area contributed by atoms with E-state index in [1.54, 1.807) is 0 Å². The summed E-state index contributed by atoms with van der Waals surface area (Å²) in [7, 11) is 0. The molecule has 0 saturated heterocycles. The highest BCUT2D eigenvalue weighted by atomic mass is 16.3. The molecular formula is C22H30O2. The van der Waals surface area contributed by atoms with Crippen molar-refractivity contribution in [2.75, 3.05) is 0 Å². The normalized spacial score (nSPS) is 11.2. The van der Waals surface area contributed by atoms with E-state index in [4.69, 9.17) is 0 Å². The number of aromatic hydroxyl groups is 2. The van der Waals surface area contributed by atoms with Crippen molar-refractivity contribution in [3.63, 3.8) is 0 Å². The predicted octanol–water partition coefficient (Wildman–Crippen LogP) is 5.77. The van der Waals surface area contributed by atoms with Crippen LogP contribution in [0.5, 0.6) is 11.5 Å². The smallest absolute Gasteiger partial charge is 0.116 e. The Morgan fingerprint density at radius 2 is 1.12 bits per heavy atom. The Balaban J connectivity index is 2.63. The Morgan fingerprint density at radius 1 is 0.750 bits per heavy atom. The quantitative estimate of drug-likeness (QED) is 0.707. The molecule has 0 saturated carbocycles. The number of aryl methyl sites for hydroxylation is 4. The minimum Gasteiger partial charge on any atom is -0.508 e. The van der Waals surface area contributed by atoms with Gasteiger partial charge in [0.1, 0.15) is 11.5 Å². The van der Waals surface area contributed by atoms with Crippen molar-refractivity contribution in [3.8, 4) is 11.5 Å². The fourth-order valence-electron chi connectivity index (χ4n) is 4.04. The largest absolute Gasteiger partial charge is 0.508 e. The van der Waals surface area contributed by atoms with Gasteiger partial charge in [0, 0.05) is 5.92 Å². The van der Waals surface area contributed by atoms with Crippen LogP contribution in [0.3, 0.4) is 0 Å². The van der Waals surface area contributed by atoms with E-state index in [2.05, 4.69) is 34.6 Å². The lowest BCUT2D eigenvalue weighted by atomic mass is 9.80. The van der Waals surface area contributed by atoms with E-state index in [1.165, 1.54) is 22.3 Å². The second kappa shape index (κ2) is 7.74. The maximum atomic E-state index is 9.99. The third-order valence-corrected chi connectivity index (χ3v) is 4.82. The van der Waals surface area contributed by atoms with Crippen LogP contribution in [0.1, 0.15) is 72.9 Å². The molecule has 0 unspecified atom stereocenters. The van der Waals surface area contributed by atoms with Crippen LogP contribution in [0.25, 0.3) is 0 Å². The zero-order chi connectivity index (χ0) is 17.9. The van der Waals surface area contributed by atoms with Crippen LogP contribution in [0.2, 0.25) is 0 Å². The average Bonchev–Trinajstić information content (AvgIpc) is 2.46. The van der Waals surface area contributed by atoms with E-state index in [0.717, 1.165) is 36.8 Å². The Morgan fingerprint density at radius 3 is 1.46 bits per heavy atom. The molecule has 0 radical (unpaired) electrons. The van der Waals surface area contributed by atoms with Gasteiger partial charge in [0.25, 0.3) is 0 Å². The average molecular weight is 326 g/mol. The summed E-state index contributed by atoms with van der Waals surface area (Å²) in [6.07, 6.45) is 4.04. The maximum Gasteiger partial charge on any atom is 0.116 e. The Bertz CT molecular complexity index is 655. The first-order chi connectivity index (χ1) is 11.4. The Labute approximate surface area is 146 Å². The molecule has 0 aliphatic heterocycles. The van der Waals surface area contributed by atoms with Crippen LogP contribution >= 0.6 is 0 Å². The molecule has 24 heavy (non-hydrogen) atoms. The standard InChI is InChI=1S/C22H30O2/c1-6-8-17-12-19(23)10-14(3)21(17)16(5)22-15(4)11-20(24)13-18(22)9-7-2/h10-13,16,23-24H,6-9H2,1-5H3. The lowest BCUT2D eigenvalue weighted by Gasteiger charge is -2.24. The van der Waals surface area contributed by atoms with Gasteiger partial charge in [-0.05, 0) is 84.3 Å². The van der Waals surface area contributed by atoms with Crippen molar-refractivity contribution in [1.82, 2.24) is 0 Å². The third-order valence-electron chi connectivity index (χ3n) is 4.82. The molecule has 2 rings (SSSR count). The number of phenolic OH excluding ortho intramolecular Hbond substituents is 2. The van der Waals surface area contributed by atoms with E-state index >= 15 is 0 Å². The minimum atomic E-state index is 0.245. The van der Waals surface area contributed by atoms with Crippen LogP contribution in [0.15, 0.2) is 24.3 Å². The second-order valence-corrected chi connectivity index (χ2v) is 6.89. The first-order valence-electron chi connectivity index (χ1n) is 9.03. The lowest BCUT2D eigenvalue weighted by Crippen LogP contribution is -2.09. The first kappa shape index (κ1) is 18.4. The maximum absolute atomic E-state index is 9.99. The molecule has 0 fully saturated rings. The molecule has 2 nitrogen and oxygen atoms in total. The molecule has 0 bridgehead atoms. The number of rotatable bonds is 6. The summed E-state index contributed by atoms with van der Waals surface area (Å²) in [6, 6.07) is 7.55. The summed E-state index contributed by atoms with van der Waals surface area (Å²) >= 11 is 0. The fraction of sp³-hybridized carbons (Fsp3) is 0.455. The van der Waals surface area contributed by atoms with Crippen LogP contribution in [0, 0.1) is 13.8 Å². The zero-order valence-corrected chi connectivity index (χ0v) is 15.6. The lowest BCUT2D eigenvalue weighted by molar-refractivity contribution is 0.473. The molecule has 2 heteroatoms. The molecule has 0 aliphatic carbocycles. The van der Waals surface area contributed by atoms with Gasteiger partial charge in [-0.25, -0.2) is 0 Å². The fourth-order valence-corrected chi connectivity index (χ4v) is 4.04. The van der Waals surface area contributed by atoms with Gasteiger partial charge in [0.2, 0.25) is 0 Å². The molecule has 0 heterocycles. The van der Waals surface area contributed by atoms with Crippen molar-refractivity contribution in [2.45, 2.75) is 66.2 Å². The van der Waals surface area contributed by atoms with Crippen molar-refractivity contribution >= 4 is 0 Å². The summed E-state index contributed by atoms with van der Waals surface area (Å²) in [5, 5.41) is 20.0. The van der Waals surface area contributed by atoms with Crippen LogP contribution < -0.4 is 0 Å². The van der Waals surface area contributed by atoms with E-state index in [9.17, 15) is 10.2 Å². The second-order valence-electron chi connectivity index (χ2n) is 6.89. The first-order valence-corrected chi connectivity index (χ1v) is 9.03. The molecule has 2 aromatic rings. The van der Waals surface area contributed by atoms with E-state index in [-0.39, 0.29) is 5.92 Å². The van der Waals surface area contributed by atoms with Crippen molar-refractivity contribution in [2.24, 2.45) is 0 Å². The summed E-state index contributed by atoms with van der Waals surface area (Å²) in [5.41, 5.74) is 7.39. The van der Waals surface area contributed by atoms with Crippen molar-refractivity contribution < 1.29 is 10.2 Å².